The van der Waals surface area contributed by atoms with Gasteiger partial charge < -0.3 is 14.9 Å². The molecule has 0 aromatic rings. The van der Waals surface area contributed by atoms with E-state index in [4.69, 9.17) is 10.2 Å². The van der Waals surface area contributed by atoms with E-state index in [1.807, 2.05) is 4.74 Å². The molecule has 23 heteroatoms. The van der Waals surface area contributed by atoms with Crippen LogP contribution in [0.2, 0.25) is 0 Å². The predicted octanol–water partition coefficient (Wildman–Crippen LogP) is 3.92. The Hall–Kier alpha value is -1.91. The number of alkyl halides is 18. The summed E-state index contributed by atoms with van der Waals surface area (Å²) in [4.78, 5) is 10.6. The Labute approximate surface area is 194 Å². The van der Waals surface area contributed by atoms with E-state index in [-0.39, 0.29) is 0 Å². The fourth-order valence-electron chi connectivity index (χ4n) is 5.29. The summed E-state index contributed by atoms with van der Waals surface area (Å²) in [5, 5.41) is 17.1. The first kappa shape index (κ1) is 30.6. The summed E-state index contributed by atoms with van der Waals surface area (Å²) in [6, 6.07) is 0. The second kappa shape index (κ2) is 6.86. The topological polar surface area (TPSA) is 76.0 Å². The molecule has 0 spiro atoms. The summed E-state index contributed by atoms with van der Waals surface area (Å²) in [5.41, 5.74) is -32.4. The van der Waals surface area contributed by atoms with Gasteiger partial charge in [0, 0.05) is 0 Å². The maximum atomic E-state index is 15.2. The summed E-state index contributed by atoms with van der Waals surface area (Å²) in [6.07, 6.45) is -15.1. The first-order valence-corrected chi connectivity index (χ1v) is 9.01. The number of rotatable bonds is 6. The zero-order chi connectivity index (χ0) is 30.4. The highest BCUT2D eigenvalue weighted by molar-refractivity contribution is 5.70. The van der Waals surface area contributed by atoms with E-state index in [0.717, 1.165) is 0 Å². The zero-order valence-corrected chi connectivity index (χ0v) is 16.8. The van der Waals surface area contributed by atoms with Crippen LogP contribution in [0.15, 0.2) is 0 Å². The highest BCUT2D eigenvalue weighted by Crippen LogP contribution is 2.94. The molecule has 0 aromatic heterocycles. The number of ether oxygens (including phenoxy) is 2. The van der Waals surface area contributed by atoms with Gasteiger partial charge in [-0.25, -0.2) is 62.2 Å². The van der Waals surface area contributed by atoms with Gasteiger partial charge in [-0.3, -0.25) is 0 Å². The smallest absolute Gasteiger partial charge is 0.395 e. The van der Waals surface area contributed by atoms with Gasteiger partial charge in [-0.05, 0) is 0 Å². The second-order valence-electron chi connectivity index (χ2n) is 8.29. The SMILES string of the molecule is O=C(CO)OC(F)(F)OC(F)(F)C12C(F)(F)C3(F)C(F)(F)C(F)(C(F)(F)C(CO)(C3(F)F)C1(F)F)C2(F)F. The van der Waals surface area contributed by atoms with E-state index in [2.05, 4.69) is 4.74 Å². The van der Waals surface area contributed by atoms with Crippen molar-refractivity contribution < 1.29 is 104 Å². The average Bonchev–Trinajstić information content (AvgIpc) is 2.67. The molecule has 0 amide bonds. The Bertz CT molecular complexity index is 1010. The summed E-state index contributed by atoms with van der Waals surface area (Å²) in [6.45, 7) is -6.45. The monoisotopic (exact) mass is 608 g/mol. The van der Waals surface area contributed by atoms with E-state index in [0.29, 0.717) is 0 Å². The molecule has 0 aliphatic heterocycles. The third-order valence-electron chi connectivity index (χ3n) is 6.90. The van der Waals surface area contributed by atoms with Gasteiger partial charge in [0.15, 0.2) is 5.41 Å². The van der Waals surface area contributed by atoms with Crippen LogP contribution in [0.25, 0.3) is 0 Å². The highest BCUT2D eigenvalue weighted by atomic mass is 19.3. The number of carbonyl (C=O) groups excluding carboxylic acids is 1. The van der Waals surface area contributed by atoms with Crippen LogP contribution in [0, 0.1) is 10.8 Å². The Balaban J connectivity index is 2.62. The van der Waals surface area contributed by atoms with Crippen molar-refractivity contribution in [3.05, 3.63) is 0 Å². The van der Waals surface area contributed by atoms with Crippen molar-refractivity contribution in [2.45, 2.75) is 59.3 Å². The lowest BCUT2D eigenvalue weighted by molar-refractivity contribution is -0.655. The van der Waals surface area contributed by atoms with Crippen molar-refractivity contribution in [2.75, 3.05) is 13.2 Å². The molecule has 2 atom stereocenters. The molecule has 4 bridgehead atoms. The minimum Gasteiger partial charge on any atom is -0.395 e. The summed E-state index contributed by atoms with van der Waals surface area (Å²) < 4.78 is 269. The number of hydrogen-bond acceptors (Lipinski definition) is 5. The number of aliphatic hydroxyl groups is 2. The van der Waals surface area contributed by atoms with E-state index in [9.17, 15) is 66.3 Å². The first-order chi connectivity index (χ1) is 16.5. The fourth-order valence-corrected chi connectivity index (χ4v) is 5.29. The van der Waals surface area contributed by atoms with Crippen molar-refractivity contribution in [2.24, 2.45) is 10.8 Å². The predicted molar refractivity (Wildman–Crippen MR) is 73.5 cm³/mol. The number of aliphatic hydroxyl groups excluding tert-OH is 2. The van der Waals surface area contributed by atoms with Crippen LogP contribution < -0.4 is 0 Å². The molecular formula is C15H6F18O5. The highest BCUT2D eigenvalue weighted by Gasteiger charge is 3.24. The van der Waals surface area contributed by atoms with Crippen LogP contribution in [-0.4, -0.2) is 88.7 Å². The Morgan fingerprint density at radius 1 is 0.605 bits per heavy atom. The molecule has 4 fully saturated rings. The Morgan fingerprint density at radius 3 is 1.29 bits per heavy atom. The van der Waals surface area contributed by atoms with Gasteiger partial charge in [0.2, 0.25) is 0 Å². The van der Waals surface area contributed by atoms with Gasteiger partial charge >= 0.3 is 59.3 Å². The van der Waals surface area contributed by atoms with Gasteiger partial charge in [0.05, 0.1) is 6.61 Å². The van der Waals surface area contributed by atoms with Crippen LogP contribution in [0.5, 0.6) is 0 Å². The van der Waals surface area contributed by atoms with Gasteiger partial charge in [0.1, 0.15) is 6.61 Å². The van der Waals surface area contributed by atoms with Crippen LogP contribution in [0.1, 0.15) is 0 Å². The molecule has 2 unspecified atom stereocenters. The van der Waals surface area contributed by atoms with Gasteiger partial charge in [-0.1, -0.05) is 0 Å². The lowest BCUT2D eigenvalue weighted by atomic mass is 9.32. The lowest BCUT2D eigenvalue weighted by Gasteiger charge is -2.77. The number of hydrogen-bond donors (Lipinski definition) is 2. The first-order valence-electron chi connectivity index (χ1n) is 9.01. The summed E-state index contributed by atoms with van der Waals surface area (Å²) in [5.74, 6) is -52.7. The van der Waals surface area contributed by atoms with Crippen molar-refractivity contribution in [1.82, 2.24) is 0 Å². The molecule has 4 saturated carbocycles. The molecule has 0 heterocycles. The molecule has 0 aromatic carbocycles. The van der Waals surface area contributed by atoms with E-state index < -0.39 is 89.3 Å². The third kappa shape index (κ3) is 2.17. The van der Waals surface area contributed by atoms with Crippen LogP contribution in [0.4, 0.5) is 79.0 Å². The molecule has 4 aliphatic carbocycles. The summed E-state index contributed by atoms with van der Waals surface area (Å²) in [7, 11) is 0. The molecule has 222 valence electrons. The van der Waals surface area contributed by atoms with Crippen molar-refractivity contribution in [1.29, 1.82) is 0 Å². The van der Waals surface area contributed by atoms with Gasteiger partial charge in [-0.2, -0.15) is 17.6 Å². The maximum absolute atomic E-state index is 15.2. The molecular weight excluding hydrogens is 602 g/mol. The van der Waals surface area contributed by atoms with E-state index in [1.54, 1.807) is 0 Å². The van der Waals surface area contributed by atoms with Crippen molar-refractivity contribution in [3.8, 4) is 0 Å². The quantitative estimate of drug-likeness (QED) is 0.272. The van der Waals surface area contributed by atoms with Crippen LogP contribution in [-0.2, 0) is 14.3 Å². The maximum Gasteiger partial charge on any atom is 0.542 e. The van der Waals surface area contributed by atoms with Crippen LogP contribution >= 0.6 is 0 Å². The minimum absolute atomic E-state index is 1.86. The fraction of sp³-hybridized carbons (Fsp3) is 0.933. The number of halogens is 18. The largest absolute Gasteiger partial charge is 0.542 e. The third-order valence-corrected chi connectivity index (χ3v) is 6.90. The standard InChI is InChI=1S/C15H6F18O5/c16-6-9(20,21)4(2-35)8(18,19)5(11(6,24)25,14(30,31)38-15(32,33)37-3(36)1-34)12(26,27)7(17,10(4,22)23)13(6,28)29/h34-35H,1-2H2. The molecule has 2 N–H and O–H groups in total. The molecule has 0 radical (unpaired) electrons. The normalized spacial score (nSPS) is 41.2. The van der Waals surface area contributed by atoms with Crippen molar-refractivity contribution >= 4 is 5.97 Å². The average molecular weight is 608 g/mol. The Kier molecular flexibility index (Phi) is 5.53. The van der Waals surface area contributed by atoms with E-state index in [1.165, 1.54) is 0 Å². The molecule has 4 rings (SSSR count). The molecule has 38 heavy (non-hydrogen) atoms. The second-order valence-corrected chi connectivity index (χ2v) is 8.29. The Morgan fingerprint density at radius 2 is 0.974 bits per heavy atom. The van der Waals surface area contributed by atoms with Crippen molar-refractivity contribution in [3.63, 3.8) is 0 Å². The zero-order valence-electron chi connectivity index (χ0n) is 16.8. The molecule has 4 aliphatic rings. The summed E-state index contributed by atoms with van der Waals surface area (Å²) >= 11 is 0. The van der Waals surface area contributed by atoms with Gasteiger partial charge in [0.25, 0.3) is 11.3 Å². The lowest BCUT2D eigenvalue weighted by Crippen LogP contribution is -3.08. The van der Waals surface area contributed by atoms with Crippen LogP contribution in [0.3, 0.4) is 0 Å². The van der Waals surface area contributed by atoms with E-state index >= 15 is 17.6 Å². The van der Waals surface area contributed by atoms with Gasteiger partial charge in [-0.15, -0.1) is 8.78 Å². The number of carbonyl (C=O) groups is 1. The molecule has 5 nitrogen and oxygen atoms in total. The molecule has 0 saturated heterocycles. The number of esters is 1. The minimum atomic E-state index is -8.62.